The molecule has 0 aromatic heterocycles. The van der Waals surface area contributed by atoms with Gasteiger partial charge >= 0.3 is 12.1 Å². The molecule has 2 rings (SSSR count). The van der Waals surface area contributed by atoms with Crippen LogP contribution in [0.25, 0.3) is 0 Å². The van der Waals surface area contributed by atoms with E-state index < -0.39 is 12.1 Å². The lowest BCUT2D eigenvalue weighted by Crippen LogP contribution is -2.38. The topological polar surface area (TPSA) is 20.3 Å². The molecule has 110 valence electrons. The number of alkyl halides is 4. The Morgan fingerprint density at radius 2 is 1.48 bits per heavy atom. The molecule has 0 aliphatic rings. The Balaban J connectivity index is 2.47. The molecule has 0 aliphatic carbocycles. The minimum atomic E-state index is -4.94. The van der Waals surface area contributed by atoms with Crippen LogP contribution < -0.4 is 4.90 Å². The Labute approximate surface area is 128 Å². The number of anilines is 2. The summed E-state index contributed by atoms with van der Waals surface area (Å²) in [6.45, 7) is 0. The zero-order chi connectivity index (χ0) is 15.5. The number of nitrogens with zero attached hydrogens (tertiary/aromatic N) is 1. The summed E-state index contributed by atoms with van der Waals surface area (Å²) in [7, 11) is 0. The van der Waals surface area contributed by atoms with E-state index in [0.717, 1.165) is 5.56 Å². The average Bonchev–Trinajstić information content (AvgIpc) is 2.48. The molecule has 0 spiro atoms. The zero-order valence-corrected chi connectivity index (χ0v) is 12.4. The lowest BCUT2D eigenvalue weighted by molar-refractivity contribution is -0.169. The SMILES string of the molecule is O=C(N(c1ccccc1)c1ccc(CBr)cc1)C(F)(F)F. The van der Waals surface area contributed by atoms with Crippen LogP contribution in [0.1, 0.15) is 5.56 Å². The summed E-state index contributed by atoms with van der Waals surface area (Å²) in [6.07, 6.45) is -4.94. The largest absolute Gasteiger partial charge is 0.472 e. The number of amides is 1. The van der Waals surface area contributed by atoms with Crippen molar-refractivity contribution >= 4 is 33.2 Å². The van der Waals surface area contributed by atoms with E-state index in [1.165, 1.54) is 24.3 Å². The van der Waals surface area contributed by atoms with Gasteiger partial charge in [0, 0.05) is 16.7 Å². The predicted octanol–water partition coefficient (Wildman–Crippen LogP) is 4.81. The first kappa shape index (κ1) is 15.6. The fourth-order valence-electron chi connectivity index (χ4n) is 1.82. The molecule has 0 unspecified atom stereocenters. The third-order valence-electron chi connectivity index (χ3n) is 2.81. The number of hydrogen-bond acceptors (Lipinski definition) is 1. The number of hydrogen-bond donors (Lipinski definition) is 0. The van der Waals surface area contributed by atoms with Crippen molar-refractivity contribution in [2.45, 2.75) is 11.5 Å². The third kappa shape index (κ3) is 3.64. The summed E-state index contributed by atoms with van der Waals surface area (Å²) in [4.78, 5) is 12.4. The van der Waals surface area contributed by atoms with E-state index in [2.05, 4.69) is 15.9 Å². The van der Waals surface area contributed by atoms with Gasteiger partial charge in [0.05, 0.1) is 0 Å². The second-order valence-electron chi connectivity index (χ2n) is 4.27. The van der Waals surface area contributed by atoms with Crippen LogP contribution in [-0.4, -0.2) is 12.1 Å². The summed E-state index contributed by atoms with van der Waals surface area (Å²) >= 11 is 3.26. The van der Waals surface area contributed by atoms with Crippen LogP contribution in [0.15, 0.2) is 54.6 Å². The Hall–Kier alpha value is -1.82. The molecule has 1 amide bonds. The van der Waals surface area contributed by atoms with Crippen LogP contribution in [0.3, 0.4) is 0 Å². The molecule has 0 heterocycles. The molecule has 0 radical (unpaired) electrons. The summed E-state index contributed by atoms with van der Waals surface area (Å²) in [5.41, 5.74) is 1.26. The van der Waals surface area contributed by atoms with Crippen LogP contribution in [0, 0.1) is 0 Å². The van der Waals surface area contributed by atoms with E-state index in [-0.39, 0.29) is 11.4 Å². The smallest absolute Gasteiger partial charge is 0.273 e. The van der Waals surface area contributed by atoms with E-state index in [0.29, 0.717) is 10.2 Å². The van der Waals surface area contributed by atoms with Crippen molar-refractivity contribution in [3.63, 3.8) is 0 Å². The minimum absolute atomic E-state index is 0.173. The molecule has 0 fully saturated rings. The van der Waals surface area contributed by atoms with Gasteiger partial charge in [0.2, 0.25) is 0 Å². The van der Waals surface area contributed by atoms with E-state index in [9.17, 15) is 18.0 Å². The molecule has 21 heavy (non-hydrogen) atoms. The summed E-state index contributed by atoms with van der Waals surface area (Å²) in [6, 6.07) is 14.1. The first-order chi connectivity index (χ1) is 9.93. The molecule has 0 N–H and O–H groups in total. The van der Waals surface area contributed by atoms with Crippen LogP contribution in [0.2, 0.25) is 0 Å². The molecule has 0 aliphatic heterocycles. The van der Waals surface area contributed by atoms with Crippen LogP contribution in [0.4, 0.5) is 24.5 Å². The van der Waals surface area contributed by atoms with Gasteiger partial charge in [0.1, 0.15) is 0 Å². The fraction of sp³-hybridized carbons (Fsp3) is 0.133. The average molecular weight is 358 g/mol. The lowest BCUT2D eigenvalue weighted by atomic mass is 10.2. The van der Waals surface area contributed by atoms with Crippen molar-refractivity contribution in [2.24, 2.45) is 0 Å². The van der Waals surface area contributed by atoms with Gasteiger partial charge in [0.15, 0.2) is 0 Å². The number of halogens is 4. The molecule has 0 bridgehead atoms. The van der Waals surface area contributed by atoms with Gasteiger partial charge < -0.3 is 0 Å². The van der Waals surface area contributed by atoms with E-state index in [1.54, 1.807) is 30.3 Å². The molecule has 2 aromatic rings. The maximum absolute atomic E-state index is 12.8. The molecular formula is C15H11BrF3NO. The third-order valence-corrected chi connectivity index (χ3v) is 3.46. The maximum atomic E-state index is 12.8. The number of rotatable bonds is 3. The quantitative estimate of drug-likeness (QED) is 0.722. The number of benzene rings is 2. The van der Waals surface area contributed by atoms with Gasteiger partial charge in [-0.05, 0) is 29.8 Å². The van der Waals surface area contributed by atoms with E-state index in [4.69, 9.17) is 0 Å². The summed E-state index contributed by atoms with van der Waals surface area (Å²) < 4.78 is 38.5. The normalized spacial score (nSPS) is 11.2. The van der Waals surface area contributed by atoms with Gasteiger partial charge in [-0.25, -0.2) is 0 Å². The van der Waals surface area contributed by atoms with E-state index >= 15 is 0 Å². The summed E-state index contributed by atoms with van der Waals surface area (Å²) in [5, 5.41) is 0.589. The molecule has 0 saturated carbocycles. The lowest BCUT2D eigenvalue weighted by Gasteiger charge is -2.24. The van der Waals surface area contributed by atoms with Gasteiger partial charge in [-0.1, -0.05) is 46.3 Å². The van der Waals surface area contributed by atoms with E-state index in [1.807, 2.05) is 0 Å². The second-order valence-corrected chi connectivity index (χ2v) is 4.83. The van der Waals surface area contributed by atoms with Crippen molar-refractivity contribution < 1.29 is 18.0 Å². The monoisotopic (exact) mass is 357 g/mol. The van der Waals surface area contributed by atoms with Crippen LogP contribution >= 0.6 is 15.9 Å². The molecule has 6 heteroatoms. The van der Waals surface area contributed by atoms with Crippen molar-refractivity contribution in [1.29, 1.82) is 0 Å². The Morgan fingerprint density at radius 1 is 0.952 bits per heavy atom. The number of para-hydroxylation sites is 1. The Bertz CT molecular complexity index is 611. The number of carbonyl (C=O) groups excluding carboxylic acids is 1. The van der Waals surface area contributed by atoms with Crippen LogP contribution in [-0.2, 0) is 10.1 Å². The Kier molecular flexibility index (Phi) is 4.67. The molecular weight excluding hydrogens is 347 g/mol. The highest BCUT2D eigenvalue weighted by atomic mass is 79.9. The highest BCUT2D eigenvalue weighted by molar-refractivity contribution is 9.08. The van der Waals surface area contributed by atoms with Gasteiger partial charge in [-0.15, -0.1) is 0 Å². The van der Waals surface area contributed by atoms with Crippen molar-refractivity contribution in [2.75, 3.05) is 4.90 Å². The van der Waals surface area contributed by atoms with Crippen molar-refractivity contribution in [1.82, 2.24) is 0 Å². The van der Waals surface area contributed by atoms with Gasteiger partial charge in [-0.3, -0.25) is 9.69 Å². The van der Waals surface area contributed by atoms with Gasteiger partial charge in [-0.2, -0.15) is 13.2 Å². The Morgan fingerprint density at radius 3 is 1.95 bits per heavy atom. The fourth-order valence-corrected chi connectivity index (χ4v) is 2.20. The molecule has 2 nitrogen and oxygen atoms in total. The molecule has 0 saturated heterocycles. The second kappa shape index (κ2) is 6.30. The molecule has 2 aromatic carbocycles. The highest BCUT2D eigenvalue weighted by Crippen LogP contribution is 2.31. The minimum Gasteiger partial charge on any atom is -0.273 e. The number of carbonyl (C=O) groups is 1. The highest BCUT2D eigenvalue weighted by Gasteiger charge is 2.43. The first-order valence-electron chi connectivity index (χ1n) is 6.04. The van der Waals surface area contributed by atoms with Gasteiger partial charge in [0.25, 0.3) is 0 Å². The van der Waals surface area contributed by atoms with Crippen molar-refractivity contribution in [3.05, 3.63) is 60.2 Å². The first-order valence-corrected chi connectivity index (χ1v) is 7.17. The molecule has 0 atom stereocenters. The summed E-state index contributed by atoms with van der Waals surface area (Å²) in [5.74, 6) is -1.92. The van der Waals surface area contributed by atoms with Crippen molar-refractivity contribution in [3.8, 4) is 0 Å². The van der Waals surface area contributed by atoms with Crippen LogP contribution in [0.5, 0.6) is 0 Å². The predicted molar refractivity (Wildman–Crippen MR) is 78.7 cm³/mol. The zero-order valence-electron chi connectivity index (χ0n) is 10.8. The standard InChI is InChI=1S/C15H11BrF3NO/c16-10-11-6-8-13(9-7-11)20(14(21)15(17,18)19)12-4-2-1-3-5-12/h1-9H,10H2. The maximum Gasteiger partial charge on any atom is 0.472 e.